The predicted molar refractivity (Wildman–Crippen MR) is 99.6 cm³/mol. The summed E-state index contributed by atoms with van der Waals surface area (Å²) in [6, 6.07) is 8.20. The zero-order chi connectivity index (χ0) is 18.9. The molecule has 2 aromatic carbocycles. The molecule has 0 saturated heterocycles. The number of halogens is 2. The number of carbonyl (C=O) groups is 1. The van der Waals surface area contributed by atoms with Gasteiger partial charge in [-0.1, -0.05) is 18.5 Å². The zero-order valence-electron chi connectivity index (χ0n) is 14.1. The van der Waals surface area contributed by atoms with Crippen LogP contribution in [0.1, 0.15) is 25.3 Å². The number of hydrogen-bond donors (Lipinski definition) is 1. The fourth-order valence-corrected chi connectivity index (χ4v) is 4.55. The summed E-state index contributed by atoms with van der Waals surface area (Å²) in [5.74, 6) is -0.617. The van der Waals surface area contributed by atoms with Crippen LogP contribution in [-0.2, 0) is 21.2 Å². The van der Waals surface area contributed by atoms with Crippen LogP contribution in [0, 0.1) is 5.82 Å². The number of rotatable bonds is 5. The monoisotopic (exact) mass is 396 g/mol. The molecular formula is C18H18ClFN2O3S. The second-order valence-electron chi connectivity index (χ2n) is 6.07. The Bertz CT molecular complexity index is 963. The molecule has 1 heterocycles. The standard InChI is InChI=1S/C18H18ClFN2O3S/c1-2-9-22-16-7-5-14(10-12(16)3-8-18(22)23)21-26(24,25)17-11-13(20)4-6-15(17)19/h4-7,10-11,21H,2-3,8-9H2,1H3. The Labute approximate surface area is 156 Å². The molecule has 0 unspecified atom stereocenters. The van der Waals surface area contributed by atoms with Gasteiger partial charge in [0.2, 0.25) is 5.91 Å². The molecule has 26 heavy (non-hydrogen) atoms. The highest BCUT2D eigenvalue weighted by atomic mass is 35.5. The fraction of sp³-hybridized carbons (Fsp3) is 0.278. The third kappa shape index (κ3) is 3.68. The first-order chi connectivity index (χ1) is 12.3. The maximum atomic E-state index is 13.4. The van der Waals surface area contributed by atoms with Gasteiger partial charge in [0.1, 0.15) is 10.7 Å². The molecule has 1 aliphatic heterocycles. The SMILES string of the molecule is CCCN1C(=O)CCc2cc(NS(=O)(=O)c3cc(F)ccc3Cl)ccc21. The van der Waals surface area contributed by atoms with Crippen LogP contribution in [0.3, 0.4) is 0 Å². The van der Waals surface area contributed by atoms with Gasteiger partial charge in [0.05, 0.1) is 5.02 Å². The Kier molecular flexibility index (Phi) is 5.20. The first-order valence-electron chi connectivity index (χ1n) is 8.23. The van der Waals surface area contributed by atoms with Crippen molar-refractivity contribution in [1.82, 2.24) is 0 Å². The van der Waals surface area contributed by atoms with Gasteiger partial charge in [0, 0.05) is 24.3 Å². The molecule has 0 fully saturated rings. The fourth-order valence-electron chi connectivity index (χ4n) is 2.99. The van der Waals surface area contributed by atoms with Crippen molar-refractivity contribution in [2.75, 3.05) is 16.2 Å². The van der Waals surface area contributed by atoms with Crippen LogP contribution >= 0.6 is 11.6 Å². The average molecular weight is 397 g/mol. The Hall–Kier alpha value is -2.12. The van der Waals surface area contributed by atoms with E-state index in [0.29, 0.717) is 25.1 Å². The van der Waals surface area contributed by atoms with Crippen LogP contribution in [0.2, 0.25) is 5.02 Å². The van der Waals surface area contributed by atoms with Crippen molar-refractivity contribution in [2.24, 2.45) is 0 Å². The van der Waals surface area contributed by atoms with Gasteiger partial charge in [0.25, 0.3) is 10.0 Å². The summed E-state index contributed by atoms with van der Waals surface area (Å²) in [5.41, 5.74) is 2.04. The van der Waals surface area contributed by atoms with E-state index in [4.69, 9.17) is 11.6 Å². The molecule has 0 atom stereocenters. The first-order valence-corrected chi connectivity index (χ1v) is 10.1. The maximum Gasteiger partial charge on any atom is 0.263 e. The summed E-state index contributed by atoms with van der Waals surface area (Å²) in [6.45, 7) is 2.61. The lowest BCUT2D eigenvalue weighted by atomic mass is 10.0. The number of nitrogens with one attached hydrogen (secondary N) is 1. The van der Waals surface area contributed by atoms with Gasteiger partial charge in [0.15, 0.2) is 0 Å². The molecule has 1 amide bonds. The van der Waals surface area contributed by atoms with Crippen LogP contribution in [0.5, 0.6) is 0 Å². The lowest BCUT2D eigenvalue weighted by Gasteiger charge is -2.29. The maximum absolute atomic E-state index is 13.4. The molecule has 0 bridgehead atoms. The highest BCUT2D eigenvalue weighted by Gasteiger charge is 2.25. The second-order valence-corrected chi connectivity index (χ2v) is 8.13. The Morgan fingerprint density at radius 1 is 1.19 bits per heavy atom. The largest absolute Gasteiger partial charge is 0.312 e. The van der Waals surface area contributed by atoms with E-state index < -0.39 is 15.8 Å². The third-order valence-corrected chi connectivity index (χ3v) is 6.02. The molecule has 1 aliphatic rings. The van der Waals surface area contributed by atoms with Crippen molar-refractivity contribution in [3.8, 4) is 0 Å². The molecule has 0 spiro atoms. The Morgan fingerprint density at radius 3 is 2.69 bits per heavy atom. The van der Waals surface area contributed by atoms with E-state index in [1.165, 1.54) is 6.07 Å². The van der Waals surface area contributed by atoms with E-state index >= 15 is 0 Å². The summed E-state index contributed by atoms with van der Waals surface area (Å²) in [6.07, 6.45) is 1.77. The topological polar surface area (TPSA) is 66.5 Å². The number of sulfonamides is 1. The van der Waals surface area contributed by atoms with E-state index in [1.807, 2.05) is 6.92 Å². The summed E-state index contributed by atoms with van der Waals surface area (Å²) >= 11 is 5.90. The minimum Gasteiger partial charge on any atom is -0.312 e. The normalized spacial score (nSPS) is 14.3. The van der Waals surface area contributed by atoms with Crippen LogP contribution in [0.25, 0.3) is 0 Å². The van der Waals surface area contributed by atoms with Gasteiger partial charge in [-0.3, -0.25) is 9.52 Å². The summed E-state index contributed by atoms with van der Waals surface area (Å²) < 4.78 is 40.9. The molecule has 0 aromatic heterocycles. The Balaban J connectivity index is 1.92. The molecule has 0 radical (unpaired) electrons. The molecule has 5 nitrogen and oxygen atoms in total. The number of amides is 1. The van der Waals surface area contributed by atoms with Gasteiger partial charge < -0.3 is 4.90 Å². The number of carbonyl (C=O) groups excluding carboxylic acids is 1. The molecule has 0 aliphatic carbocycles. The van der Waals surface area contributed by atoms with Crippen molar-refractivity contribution in [3.63, 3.8) is 0 Å². The van der Waals surface area contributed by atoms with E-state index in [1.54, 1.807) is 23.1 Å². The minimum atomic E-state index is -4.03. The molecule has 0 saturated carbocycles. The second kappa shape index (κ2) is 7.25. The van der Waals surface area contributed by atoms with Gasteiger partial charge >= 0.3 is 0 Å². The lowest BCUT2D eigenvalue weighted by molar-refractivity contribution is -0.118. The van der Waals surface area contributed by atoms with Gasteiger partial charge in [-0.05, 0) is 54.8 Å². The summed E-state index contributed by atoms with van der Waals surface area (Å²) in [7, 11) is -4.03. The number of anilines is 2. The highest BCUT2D eigenvalue weighted by molar-refractivity contribution is 7.92. The van der Waals surface area contributed by atoms with Crippen molar-refractivity contribution < 1.29 is 17.6 Å². The number of fused-ring (bicyclic) bond motifs is 1. The van der Waals surface area contributed by atoms with Crippen molar-refractivity contribution in [2.45, 2.75) is 31.1 Å². The van der Waals surface area contributed by atoms with Crippen molar-refractivity contribution in [3.05, 3.63) is 52.8 Å². The van der Waals surface area contributed by atoms with Gasteiger partial charge in [-0.25, -0.2) is 12.8 Å². The zero-order valence-corrected chi connectivity index (χ0v) is 15.7. The molecule has 138 valence electrons. The lowest BCUT2D eigenvalue weighted by Crippen LogP contribution is -2.35. The van der Waals surface area contributed by atoms with Crippen LogP contribution < -0.4 is 9.62 Å². The smallest absolute Gasteiger partial charge is 0.263 e. The molecule has 2 aromatic rings. The molecule has 3 rings (SSSR count). The number of nitrogens with zero attached hydrogens (tertiary/aromatic N) is 1. The Morgan fingerprint density at radius 2 is 1.96 bits per heavy atom. The van der Waals surface area contributed by atoms with Gasteiger partial charge in [-0.15, -0.1) is 0 Å². The van der Waals surface area contributed by atoms with E-state index in [9.17, 15) is 17.6 Å². The minimum absolute atomic E-state index is 0.0587. The van der Waals surface area contributed by atoms with Crippen molar-refractivity contribution in [1.29, 1.82) is 0 Å². The number of hydrogen-bond acceptors (Lipinski definition) is 3. The number of benzene rings is 2. The molecular weight excluding hydrogens is 379 g/mol. The quantitative estimate of drug-likeness (QED) is 0.831. The molecule has 8 heteroatoms. The highest BCUT2D eigenvalue weighted by Crippen LogP contribution is 2.32. The average Bonchev–Trinajstić information content (AvgIpc) is 2.59. The number of aryl methyl sites for hydroxylation is 1. The van der Waals surface area contributed by atoms with E-state index in [-0.39, 0.29) is 15.8 Å². The van der Waals surface area contributed by atoms with Crippen LogP contribution in [0.4, 0.5) is 15.8 Å². The van der Waals surface area contributed by atoms with Crippen LogP contribution in [-0.4, -0.2) is 20.9 Å². The van der Waals surface area contributed by atoms with Gasteiger partial charge in [-0.2, -0.15) is 0 Å². The summed E-state index contributed by atoms with van der Waals surface area (Å²) in [4.78, 5) is 13.5. The van der Waals surface area contributed by atoms with E-state index in [0.717, 1.165) is 29.8 Å². The summed E-state index contributed by atoms with van der Waals surface area (Å²) in [5, 5.41) is -0.0587. The molecule has 1 N–H and O–H groups in total. The van der Waals surface area contributed by atoms with Crippen molar-refractivity contribution >= 4 is 38.9 Å². The predicted octanol–water partition coefficient (Wildman–Crippen LogP) is 3.97. The third-order valence-electron chi connectivity index (χ3n) is 4.16. The van der Waals surface area contributed by atoms with E-state index in [2.05, 4.69) is 4.72 Å². The van der Waals surface area contributed by atoms with Crippen LogP contribution in [0.15, 0.2) is 41.3 Å². The first kappa shape index (κ1) is 18.7.